The summed E-state index contributed by atoms with van der Waals surface area (Å²) in [5.41, 5.74) is 0. The molecule has 0 amide bonds. The van der Waals surface area contributed by atoms with Crippen molar-refractivity contribution in [3.8, 4) is 0 Å². The number of ether oxygens (including phenoxy) is 1. The molecule has 18 heavy (non-hydrogen) atoms. The number of carbonyl (C=O) groups excluding carboxylic acids is 1. The van der Waals surface area contributed by atoms with E-state index in [0.29, 0.717) is 23.7 Å². The van der Waals surface area contributed by atoms with Gasteiger partial charge in [0.05, 0.1) is 6.10 Å². The molecular formula is C16H28O2. The largest absolute Gasteiger partial charge is 0.381 e. The van der Waals surface area contributed by atoms with Crippen LogP contribution in [0.5, 0.6) is 0 Å². The van der Waals surface area contributed by atoms with Crippen LogP contribution in [0.1, 0.15) is 64.7 Å². The molecule has 0 saturated heterocycles. The van der Waals surface area contributed by atoms with Crippen molar-refractivity contribution in [1.82, 2.24) is 0 Å². The summed E-state index contributed by atoms with van der Waals surface area (Å²) in [7, 11) is 1.82. The fraction of sp³-hybridized carbons (Fsp3) is 0.938. The Hall–Kier alpha value is -0.370. The van der Waals surface area contributed by atoms with Gasteiger partial charge in [0.1, 0.15) is 5.78 Å². The zero-order valence-corrected chi connectivity index (χ0v) is 12.0. The zero-order valence-electron chi connectivity index (χ0n) is 12.0. The highest BCUT2D eigenvalue weighted by atomic mass is 16.5. The van der Waals surface area contributed by atoms with Gasteiger partial charge in [0, 0.05) is 19.4 Å². The first-order valence-corrected chi connectivity index (χ1v) is 7.80. The smallest absolute Gasteiger partial charge is 0.136 e. The highest BCUT2D eigenvalue weighted by Gasteiger charge is 2.36. The zero-order chi connectivity index (χ0) is 13.0. The van der Waals surface area contributed by atoms with Crippen LogP contribution in [-0.4, -0.2) is 19.0 Å². The molecule has 0 bridgehead atoms. The number of methoxy groups -OCH3 is 1. The average Bonchev–Trinajstić information content (AvgIpc) is 2.41. The van der Waals surface area contributed by atoms with E-state index >= 15 is 0 Å². The maximum Gasteiger partial charge on any atom is 0.136 e. The summed E-state index contributed by atoms with van der Waals surface area (Å²) in [5.74, 6) is 2.31. The van der Waals surface area contributed by atoms with Crippen molar-refractivity contribution in [3.63, 3.8) is 0 Å². The van der Waals surface area contributed by atoms with Gasteiger partial charge >= 0.3 is 0 Å². The fourth-order valence-corrected chi connectivity index (χ4v) is 4.03. The van der Waals surface area contributed by atoms with Crippen LogP contribution in [0.25, 0.3) is 0 Å². The summed E-state index contributed by atoms with van der Waals surface area (Å²) in [5, 5.41) is 0. The molecule has 2 rings (SSSR count). The Morgan fingerprint density at radius 2 is 2.06 bits per heavy atom. The number of rotatable bonds is 4. The Morgan fingerprint density at radius 1 is 1.22 bits per heavy atom. The Morgan fingerprint density at radius 3 is 2.78 bits per heavy atom. The molecule has 0 aromatic carbocycles. The van der Waals surface area contributed by atoms with E-state index in [4.69, 9.17) is 4.74 Å². The monoisotopic (exact) mass is 252 g/mol. The third kappa shape index (κ3) is 3.34. The summed E-state index contributed by atoms with van der Waals surface area (Å²) < 4.78 is 5.51. The summed E-state index contributed by atoms with van der Waals surface area (Å²) in [4.78, 5) is 12.2. The van der Waals surface area contributed by atoms with E-state index in [1.807, 2.05) is 7.11 Å². The first-order valence-electron chi connectivity index (χ1n) is 7.80. The molecule has 0 spiro atoms. The molecule has 0 aliphatic heterocycles. The van der Waals surface area contributed by atoms with Gasteiger partial charge in [0.15, 0.2) is 0 Å². The van der Waals surface area contributed by atoms with Crippen LogP contribution < -0.4 is 0 Å². The Kier molecular flexibility index (Phi) is 5.23. The maximum atomic E-state index is 12.2. The third-order valence-electron chi connectivity index (χ3n) is 5.07. The molecule has 2 saturated carbocycles. The van der Waals surface area contributed by atoms with Crippen LogP contribution >= 0.6 is 0 Å². The quantitative estimate of drug-likeness (QED) is 0.756. The van der Waals surface area contributed by atoms with Gasteiger partial charge in [-0.3, -0.25) is 4.79 Å². The SMILES string of the molecule is CCCC1CCC(=O)C(C2CCCC(OC)C2)C1. The van der Waals surface area contributed by atoms with Crippen molar-refractivity contribution in [3.05, 3.63) is 0 Å². The van der Waals surface area contributed by atoms with Gasteiger partial charge in [-0.15, -0.1) is 0 Å². The number of carbonyl (C=O) groups is 1. The molecule has 4 atom stereocenters. The first kappa shape index (κ1) is 14.0. The standard InChI is InChI=1S/C16H28O2/c1-3-5-12-8-9-16(17)15(10-12)13-6-4-7-14(11-13)18-2/h12-15H,3-11H2,1-2H3. The molecule has 0 aromatic rings. The molecule has 0 aromatic heterocycles. The topological polar surface area (TPSA) is 26.3 Å². The Balaban J connectivity index is 1.94. The van der Waals surface area contributed by atoms with Gasteiger partial charge in [-0.25, -0.2) is 0 Å². The lowest BCUT2D eigenvalue weighted by Crippen LogP contribution is -2.35. The summed E-state index contributed by atoms with van der Waals surface area (Å²) in [6.07, 6.45) is 10.9. The van der Waals surface area contributed by atoms with Gasteiger partial charge in [-0.1, -0.05) is 26.2 Å². The van der Waals surface area contributed by atoms with Gasteiger partial charge in [0.25, 0.3) is 0 Å². The summed E-state index contributed by atoms with van der Waals surface area (Å²) in [6.45, 7) is 2.26. The normalized spacial score (nSPS) is 37.8. The van der Waals surface area contributed by atoms with E-state index in [9.17, 15) is 4.79 Å². The van der Waals surface area contributed by atoms with Crippen LogP contribution in [-0.2, 0) is 9.53 Å². The van der Waals surface area contributed by atoms with Gasteiger partial charge in [0.2, 0.25) is 0 Å². The molecule has 0 N–H and O–H groups in total. The average molecular weight is 252 g/mol. The van der Waals surface area contributed by atoms with E-state index < -0.39 is 0 Å². The molecule has 0 heterocycles. The minimum absolute atomic E-state index is 0.355. The lowest BCUT2D eigenvalue weighted by atomic mass is 9.68. The summed E-state index contributed by atoms with van der Waals surface area (Å²) >= 11 is 0. The minimum atomic E-state index is 0.355. The van der Waals surface area contributed by atoms with Crippen LogP contribution in [0, 0.1) is 17.8 Å². The van der Waals surface area contributed by atoms with Gasteiger partial charge < -0.3 is 4.74 Å². The van der Waals surface area contributed by atoms with E-state index in [1.165, 1.54) is 32.1 Å². The van der Waals surface area contributed by atoms with Crippen molar-refractivity contribution >= 4 is 5.78 Å². The van der Waals surface area contributed by atoms with Gasteiger partial charge in [-0.2, -0.15) is 0 Å². The third-order valence-corrected chi connectivity index (χ3v) is 5.07. The molecule has 4 unspecified atom stereocenters. The lowest BCUT2D eigenvalue weighted by molar-refractivity contribution is -0.129. The van der Waals surface area contributed by atoms with Crippen molar-refractivity contribution in [2.45, 2.75) is 70.8 Å². The second kappa shape index (κ2) is 6.70. The number of hydrogen-bond acceptors (Lipinski definition) is 2. The highest BCUT2D eigenvalue weighted by molar-refractivity contribution is 5.82. The van der Waals surface area contributed by atoms with Crippen LogP contribution in [0.15, 0.2) is 0 Å². The highest BCUT2D eigenvalue weighted by Crippen LogP contribution is 2.40. The summed E-state index contributed by atoms with van der Waals surface area (Å²) in [6, 6.07) is 0. The molecule has 2 aliphatic carbocycles. The number of hydrogen-bond donors (Lipinski definition) is 0. The van der Waals surface area contributed by atoms with Crippen molar-refractivity contribution in [1.29, 1.82) is 0 Å². The molecule has 0 radical (unpaired) electrons. The Labute approximate surface area is 111 Å². The molecule has 2 aliphatic rings. The van der Waals surface area contributed by atoms with Crippen molar-refractivity contribution in [2.75, 3.05) is 7.11 Å². The van der Waals surface area contributed by atoms with Crippen molar-refractivity contribution in [2.24, 2.45) is 17.8 Å². The molecule has 104 valence electrons. The fourth-order valence-electron chi connectivity index (χ4n) is 4.03. The number of Topliss-reactive ketones (excluding diaryl/α,β-unsaturated/α-hetero) is 1. The number of ketones is 1. The van der Waals surface area contributed by atoms with Crippen LogP contribution in [0.2, 0.25) is 0 Å². The Bertz CT molecular complexity index is 274. The van der Waals surface area contributed by atoms with E-state index in [-0.39, 0.29) is 0 Å². The second-order valence-corrected chi connectivity index (χ2v) is 6.29. The van der Waals surface area contributed by atoms with Crippen LogP contribution in [0.3, 0.4) is 0 Å². The predicted molar refractivity (Wildman–Crippen MR) is 73.5 cm³/mol. The van der Waals surface area contributed by atoms with Gasteiger partial charge in [-0.05, 0) is 43.9 Å². The molecule has 2 heteroatoms. The molecule has 2 fully saturated rings. The molecule has 2 nitrogen and oxygen atoms in total. The van der Waals surface area contributed by atoms with E-state index in [0.717, 1.165) is 31.6 Å². The minimum Gasteiger partial charge on any atom is -0.381 e. The molecular weight excluding hydrogens is 224 g/mol. The van der Waals surface area contributed by atoms with E-state index in [2.05, 4.69) is 6.92 Å². The maximum absolute atomic E-state index is 12.2. The first-order chi connectivity index (χ1) is 8.74. The van der Waals surface area contributed by atoms with Crippen LogP contribution in [0.4, 0.5) is 0 Å². The predicted octanol–water partition coefficient (Wildman–Crippen LogP) is 3.98. The van der Waals surface area contributed by atoms with E-state index in [1.54, 1.807) is 0 Å². The van der Waals surface area contributed by atoms with Crippen molar-refractivity contribution < 1.29 is 9.53 Å². The lowest BCUT2D eigenvalue weighted by Gasteiger charge is -2.37. The second-order valence-electron chi connectivity index (χ2n) is 6.29.